The second-order valence-corrected chi connectivity index (χ2v) is 0.450. The summed E-state index contributed by atoms with van der Waals surface area (Å²) in [6, 6.07) is 0. The van der Waals surface area contributed by atoms with Gasteiger partial charge in [-0.25, -0.2) is 5.21 Å². The Morgan fingerprint density at radius 2 is 2.33 bits per heavy atom. The average molecular weight is 90.0 g/mol. The second kappa shape index (κ2) is 2.21. The highest BCUT2D eigenvalue weighted by atomic mass is 16.6. The van der Waals surface area contributed by atoms with Crippen molar-refractivity contribution in [1.29, 1.82) is 5.53 Å². The van der Waals surface area contributed by atoms with Crippen LogP contribution in [0, 0.1) is 10.4 Å². The molecular weight excluding hydrogens is 88.0 g/mol. The van der Waals surface area contributed by atoms with Crippen LogP contribution in [0.5, 0.6) is 0 Å². The van der Waals surface area contributed by atoms with Crippen molar-refractivity contribution in [2.24, 2.45) is 10.5 Å². The summed E-state index contributed by atoms with van der Waals surface area (Å²) >= 11 is 0. The molecule has 0 aliphatic heterocycles. The van der Waals surface area contributed by atoms with Gasteiger partial charge in [0.25, 0.3) is 0 Å². The Kier molecular flexibility index (Phi) is 1.83. The van der Waals surface area contributed by atoms with Crippen molar-refractivity contribution in [2.45, 2.75) is 0 Å². The summed E-state index contributed by atoms with van der Waals surface area (Å²) in [7, 11) is 0. The molecule has 2 N–H and O–H groups in total. The molecule has 6 heteroatoms. The summed E-state index contributed by atoms with van der Waals surface area (Å²) in [4.78, 5) is 8.95. The first-order valence-electron chi connectivity index (χ1n) is 1.01. The van der Waals surface area contributed by atoms with E-state index < -0.39 is 0 Å². The van der Waals surface area contributed by atoms with Crippen LogP contribution in [0.25, 0.3) is 0 Å². The van der Waals surface area contributed by atoms with E-state index in [0.29, 0.717) is 0 Å². The summed E-state index contributed by atoms with van der Waals surface area (Å²) in [5.74, 6) is 0. The highest BCUT2D eigenvalue weighted by Gasteiger charge is 1.81. The third kappa shape index (κ3) is 1.30. The number of hydrogen-bond acceptors (Lipinski definition) is 5. The van der Waals surface area contributed by atoms with Crippen LogP contribution in [0.2, 0.25) is 0 Å². The molecule has 0 atom stereocenters. The molecular formula is H2N4O2. The maximum atomic E-state index is 8.95. The molecule has 0 radical (unpaired) electrons. The van der Waals surface area contributed by atoms with E-state index in [1.165, 1.54) is 0 Å². The van der Waals surface area contributed by atoms with E-state index in [1.54, 1.807) is 5.29 Å². The fraction of sp³-hybridized carbons (Fsp3) is 0. The number of nitrogens with zero attached hydrogens (tertiary/aromatic N) is 3. The van der Waals surface area contributed by atoms with E-state index in [-0.39, 0.29) is 5.28 Å². The van der Waals surface area contributed by atoms with E-state index in [2.05, 4.69) is 5.22 Å². The van der Waals surface area contributed by atoms with Crippen molar-refractivity contribution in [3.05, 3.63) is 4.91 Å². The molecule has 0 aromatic heterocycles. The summed E-state index contributed by atoms with van der Waals surface area (Å²) in [6.07, 6.45) is 0. The molecule has 6 nitrogen and oxygen atoms in total. The SMILES string of the molecule is N=NN(O)N=O. The van der Waals surface area contributed by atoms with Crippen LogP contribution in [0.4, 0.5) is 0 Å². The van der Waals surface area contributed by atoms with Crippen molar-refractivity contribution < 1.29 is 5.21 Å². The number of rotatable bonds is 2. The normalized spacial score (nSPS) is 6.83. The smallest absolute Gasteiger partial charge is 0.104 e. The first-order valence-corrected chi connectivity index (χ1v) is 1.01. The maximum absolute atomic E-state index is 8.95. The molecule has 0 aromatic rings. The molecule has 0 aliphatic rings. The van der Waals surface area contributed by atoms with Gasteiger partial charge in [-0.05, 0) is 5.22 Å². The van der Waals surface area contributed by atoms with Gasteiger partial charge in [0.15, 0.2) is 0 Å². The van der Waals surface area contributed by atoms with Crippen LogP contribution < -0.4 is 0 Å². The van der Waals surface area contributed by atoms with Crippen LogP contribution in [0.15, 0.2) is 10.5 Å². The highest BCUT2D eigenvalue weighted by molar-refractivity contribution is 4.04. The van der Waals surface area contributed by atoms with Crippen molar-refractivity contribution in [1.82, 2.24) is 5.28 Å². The van der Waals surface area contributed by atoms with Gasteiger partial charge in [0.05, 0.1) is 0 Å². The van der Waals surface area contributed by atoms with E-state index in [1.807, 2.05) is 0 Å². The van der Waals surface area contributed by atoms with Crippen molar-refractivity contribution in [2.75, 3.05) is 0 Å². The van der Waals surface area contributed by atoms with Gasteiger partial charge in [0, 0.05) is 5.28 Å². The average Bonchev–Trinajstić information content (AvgIpc) is 1.65. The molecule has 0 aromatic carbocycles. The Bertz CT molecular complexity index is 50.6. The van der Waals surface area contributed by atoms with Crippen LogP contribution in [0.1, 0.15) is 0 Å². The third-order valence-corrected chi connectivity index (χ3v) is 0.162. The highest BCUT2D eigenvalue weighted by Crippen LogP contribution is 1.75. The van der Waals surface area contributed by atoms with Crippen molar-refractivity contribution in [3.63, 3.8) is 0 Å². The zero-order valence-corrected chi connectivity index (χ0v) is 2.70. The Morgan fingerprint density at radius 3 is 2.33 bits per heavy atom. The molecule has 34 valence electrons. The molecule has 0 bridgehead atoms. The third-order valence-electron chi connectivity index (χ3n) is 0.162. The molecule has 0 spiro atoms. The summed E-state index contributed by atoms with van der Waals surface area (Å²) in [5.41, 5.74) is 5.82. The number of nitroso groups, excluding NO2 is 1. The summed E-state index contributed by atoms with van der Waals surface area (Å²) < 4.78 is 0. The lowest BCUT2D eigenvalue weighted by molar-refractivity contribution is -0.101. The first-order chi connectivity index (χ1) is 2.81. The van der Waals surface area contributed by atoms with Crippen molar-refractivity contribution in [3.8, 4) is 0 Å². The number of nitrogens with one attached hydrogen (secondary N) is 1. The Labute approximate surface area is 32.8 Å². The molecule has 0 fully saturated rings. The predicted octanol–water partition coefficient (Wildman–Crippen LogP) is 0.305. The Balaban J connectivity index is 3.21. The quantitative estimate of drug-likeness (QED) is 0.290. The summed E-state index contributed by atoms with van der Waals surface area (Å²) in [5, 5.41) is 11.2. The first kappa shape index (κ1) is 4.96. The largest absolute Gasteiger partial charge is 0.247 e. The molecule has 0 unspecified atom stereocenters. The zero-order valence-electron chi connectivity index (χ0n) is 2.70. The van der Waals surface area contributed by atoms with Gasteiger partial charge in [0.2, 0.25) is 0 Å². The lowest BCUT2D eigenvalue weighted by Crippen LogP contribution is -1.97. The van der Waals surface area contributed by atoms with Crippen LogP contribution in [-0.4, -0.2) is 10.5 Å². The van der Waals surface area contributed by atoms with E-state index in [9.17, 15) is 0 Å². The second-order valence-electron chi connectivity index (χ2n) is 0.450. The lowest BCUT2D eigenvalue weighted by atomic mass is 12.3. The van der Waals surface area contributed by atoms with Gasteiger partial charge in [-0.1, -0.05) is 0 Å². The van der Waals surface area contributed by atoms with Gasteiger partial charge in [-0.3, -0.25) is 0 Å². The molecule has 0 saturated carbocycles. The molecule has 0 rings (SSSR count). The minimum absolute atomic E-state index is 0.389. The van der Waals surface area contributed by atoms with Gasteiger partial charge < -0.3 is 0 Å². The molecule has 6 heavy (non-hydrogen) atoms. The molecule has 0 saturated heterocycles. The van der Waals surface area contributed by atoms with Crippen molar-refractivity contribution >= 4 is 0 Å². The minimum Gasteiger partial charge on any atom is -0.247 e. The van der Waals surface area contributed by atoms with Crippen LogP contribution in [-0.2, 0) is 0 Å². The van der Waals surface area contributed by atoms with E-state index in [0.717, 1.165) is 0 Å². The summed E-state index contributed by atoms with van der Waals surface area (Å²) in [6.45, 7) is 0. The monoisotopic (exact) mass is 90.0 g/mol. The maximum Gasteiger partial charge on any atom is 0.104 e. The topological polar surface area (TPSA) is 89.1 Å². The fourth-order valence-electron chi connectivity index (χ4n) is 0.0183. The number of hydrogen-bond donors (Lipinski definition) is 2. The fourth-order valence-corrected chi connectivity index (χ4v) is 0.0183. The van der Waals surface area contributed by atoms with Gasteiger partial charge in [-0.15, -0.1) is 4.91 Å². The van der Waals surface area contributed by atoms with Crippen LogP contribution >= 0.6 is 0 Å². The van der Waals surface area contributed by atoms with Gasteiger partial charge in [0.1, 0.15) is 5.29 Å². The molecule has 0 heterocycles. The van der Waals surface area contributed by atoms with Crippen LogP contribution in [0.3, 0.4) is 0 Å². The van der Waals surface area contributed by atoms with Gasteiger partial charge in [-0.2, -0.15) is 5.53 Å². The van der Waals surface area contributed by atoms with Gasteiger partial charge >= 0.3 is 0 Å². The molecule has 0 amide bonds. The minimum atomic E-state index is -0.389. The Morgan fingerprint density at radius 1 is 1.83 bits per heavy atom. The zero-order chi connectivity index (χ0) is 4.99. The molecule has 0 aliphatic carbocycles. The van der Waals surface area contributed by atoms with E-state index in [4.69, 9.17) is 15.6 Å². The lowest BCUT2D eigenvalue weighted by Gasteiger charge is -1.86. The standard InChI is InChI=1S/H2N4O2/c1-2-4(6)3-5/h1,6H. The predicted molar refractivity (Wildman–Crippen MR) is 14.6 cm³/mol. The van der Waals surface area contributed by atoms with E-state index >= 15 is 0 Å². The Hall–Kier alpha value is -1.04.